The highest BCUT2D eigenvalue weighted by atomic mass is 35.5. The summed E-state index contributed by atoms with van der Waals surface area (Å²) in [6.07, 6.45) is 3.13. The van der Waals surface area contributed by atoms with Crippen LogP contribution in [0.2, 0.25) is 5.15 Å². The molecule has 1 N–H and O–H groups in total. The summed E-state index contributed by atoms with van der Waals surface area (Å²) in [6, 6.07) is 8.58. The third-order valence-corrected chi connectivity index (χ3v) is 4.46. The van der Waals surface area contributed by atoms with Crippen LogP contribution >= 0.6 is 11.6 Å². The van der Waals surface area contributed by atoms with Crippen LogP contribution in [0.15, 0.2) is 47.6 Å². The van der Waals surface area contributed by atoms with Crippen LogP contribution in [0, 0.1) is 0 Å². The topological polar surface area (TPSA) is 76.9 Å². The first-order chi connectivity index (χ1) is 9.95. The van der Waals surface area contributed by atoms with E-state index in [1.54, 1.807) is 42.1 Å². The van der Waals surface area contributed by atoms with Crippen molar-refractivity contribution in [3.05, 3.63) is 47.9 Å². The minimum atomic E-state index is -3.74. The average Bonchev–Trinajstić information content (AvgIpc) is 2.87. The summed E-state index contributed by atoms with van der Waals surface area (Å²) in [5.41, 5.74) is 1.16. The van der Waals surface area contributed by atoms with Gasteiger partial charge in [0, 0.05) is 19.4 Å². The van der Waals surface area contributed by atoms with Crippen LogP contribution in [-0.4, -0.2) is 23.0 Å². The van der Waals surface area contributed by atoms with Gasteiger partial charge in [0.05, 0.1) is 11.0 Å². The zero-order valence-electron chi connectivity index (χ0n) is 11.0. The normalized spacial score (nSPS) is 11.7. The van der Waals surface area contributed by atoms with Crippen LogP contribution in [0.5, 0.6) is 0 Å². The fraction of sp³-hybridized carbons (Fsp3) is 0.0769. The number of hydrogen-bond acceptors (Lipinski definition) is 4. The quantitative estimate of drug-likeness (QED) is 0.803. The maximum Gasteiger partial charge on any atom is 0.264 e. The number of para-hydroxylation sites is 2. The summed E-state index contributed by atoms with van der Waals surface area (Å²) >= 11 is 6.00. The Kier molecular flexibility index (Phi) is 3.30. The van der Waals surface area contributed by atoms with E-state index in [0.29, 0.717) is 11.0 Å². The van der Waals surface area contributed by atoms with Crippen molar-refractivity contribution >= 4 is 38.5 Å². The van der Waals surface area contributed by atoms with E-state index in [2.05, 4.69) is 14.7 Å². The predicted octanol–water partition coefficient (Wildman–Crippen LogP) is 2.42. The van der Waals surface area contributed by atoms with E-state index in [-0.39, 0.29) is 15.9 Å². The Morgan fingerprint density at radius 2 is 1.81 bits per heavy atom. The predicted molar refractivity (Wildman–Crippen MR) is 80.8 cm³/mol. The van der Waals surface area contributed by atoms with Crippen molar-refractivity contribution in [3.8, 4) is 0 Å². The van der Waals surface area contributed by atoms with E-state index in [4.69, 9.17) is 11.6 Å². The monoisotopic (exact) mass is 322 g/mol. The van der Waals surface area contributed by atoms with E-state index >= 15 is 0 Å². The van der Waals surface area contributed by atoms with Gasteiger partial charge in [0.2, 0.25) is 0 Å². The van der Waals surface area contributed by atoms with Crippen LogP contribution in [0.1, 0.15) is 0 Å². The Labute approximate surface area is 126 Å². The second kappa shape index (κ2) is 5.01. The van der Waals surface area contributed by atoms with Crippen molar-refractivity contribution in [2.75, 3.05) is 4.72 Å². The number of aryl methyl sites for hydroxylation is 1. The molecule has 0 aliphatic carbocycles. The average molecular weight is 323 g/mol. The highest BCUT2D eigenvalue weighted by Gasteiger charge is 2.18. The number of fused-ring (bicyclic) bond motifs is 1. The SMILES string of the molecule is Cn1ccc(S(=O)(=O)Nc2nc3ccccc3nc2Cl)c1. The molecule has 0 aliphatic rings. The zero-order valence-corrected chi connectivity index (χ0v) is 12.6. The molecule has 3 rings (SSSR count). The van der Waals surface area contributed by atoms with Crippen LogP contribution in [0.25, 0.3) is 11.0 Å². The fourth-order valence-corrected chi connectivity index (χ4v) is 3.16. The Balaban J connectivity index is 2.03. The lowest BCUT2D eigenvalue weighted by Crippen LogP contribution is -2.14. The number of nitrogens with zero attached hydrogens (tertiary/aromatic N) is 3. The molecule has 21 heavy (non-hydrogen) atoms. The molecule has 3 aromatic rings. The van der Waals surface area contributed by atoms with Gasteiger partial charge in [-0.2, -0.15) is 0 Å². The van der Waals surface area contributed by atoms with Crippen molar-refractivity contribution in [3.63, 3.8) is 0 Å². The fourth-order valence-electron chi connectivity index (χ4n) is 1.87. The van der Waals surface area contributed by atoms with Gasteiger partial charge in [-0.25, -0.2) is 18.4 Å². The van der Waals surface area contributed by atoms with E-state index in [0.717, 1.165) is 0 Å². The van der Waals surface area contributed by atoms with Gasteiger partial charge in [-0.3, -0.25) is 4.72 Å². The molecule has 2 aromatic heterocycles. The first kappa shape index (κ1) is 13.8. The highest BCUT2D eigenvalue weighted by molar-refractivity contribution is 7.92. The molecule has 0 atom stereocenters. The number of anilines is 1. The van der Waals surface area contributed by atoms with E-state index in [9.17, 15) is 8.42 Å². The number of halogens is 1. The molecular weight excluding hydrogens is 312 g/mol. The van der Waals surface area contributed by atoms with Gasteiger partial charge in [0.25, 0.3) is 10.0 Å². The lowest BCUT2D eigenvalue weighted by Gasteiger charge is -2.08. The van der Waals surface area contributed by atoms with Crippen molar-refractivity contribution < 1.29 is 8.42 Å². The maximum atomic E-state index is 12.3. The van der Waals surface area contributed by atoms with Gasteiger partial charge in [-0.1, -0.05) is 23.7 Å². The molecule has 0 spiro atoms. The lowest BCUT2D eigenvalue weighted by atomic mass is 10.3. The van der Waals surface area contributed by atoms with Gasteiger partial charge in [-0.05, 0) is 18.2 Å². The first-order valence-corrected chi connectivity index (χ1v) is 7.89. The summed E-state index contributed by atoms with van der Waals surface area (Å²) in [6.45, 7) is 0. The van der Waals surface area contributed by atoms with Gasteiger partial charge < -0.3 is 4.57 Å². The molecule has 0 fully saturated rings. The summed E-state index contributed by atoms with van der Waals surface area (Å²) in [5.74, 6) is 0.0132. The molecule has 0 amide bonds. The van der Waals surface area contributed by atoms with Crippen molar-refractivity contribution in [2.45, 2.75) is 4.90 Å². The second-order valence-electron chi connectivity index (χ2n) is 4.47. The van der Waals surface area contributed by atoms with Crippen LogP contribution in [0.4, 0.5) is 5.82 Å². The lowest BCUT2D eigenvalue weighted by molar-refractivity contribution is 0.601. The number of rotatable bonds is 3. The van der Waals surface area contributed by atoms with Gasteiger partial charge in [-0.15, -0.1) is 0 Å². The molecule has 0 unspecified atom stereocenters. The zero-order chi connectivity index (χ0) is 15.0. The molecule has 6 nitrogen and oxygen atoms in total. The third kappa shape index (κ3) is 2.70. The number of nitrogens with one attached hydrogen (secondary N) is 1. The molecule has 0 saturated heterocycles. The molecule has 0 aliphatic heterocycles. The second-order valence-corrected chi connectivity index (χ2v) is 6.51. The number of hydrogen-bond donors (Lipinski definition) is 1. The number of aromatic nitrogens is 3. The highest BCUT2D eigenvalue weighted by Crippen LogP contribution is 2.23. The number of sulfonamides is 1. The van der Waals surface area contributed by atoms with Crippen LogP contribution in [-0.2, 0) is 17.1 Å². The largest absolute Gasteiger partial charge is 0.356 e. The number of benzene rings is 1. The van der Waals surface area contributed by atoms with Crippen molar-refractivity contribution in [1.29, 1.82) is 0 Å². The first-order valence-electron chi connectivity index (χ1n) is 6.03. The molecule has 2 heterocycles. The van der Waals surface area contributed by atoms with E-state index < -0.39 is 10.0 Å². The standard InChI is InChI=1S/C13H11ClN4O2S/c1-18-7-6-9(8-18)21(19,20)17-13-12(14)15-10-4-2-3-5-11(10)16-13/h2-8H,1H3,(H,16,17). The molecule has 8 heteroatoms. The molecule has 1 aromatic carbocycles. The molecule has 0 saturated carbocycles. The summed E-state index contributed by atoms with van der Waals surface area (Å²) in [5, 5.41) is 0.00760. The molecule has 0 radical (unpaired) electrons. The summed E-state index contributed by atoms with van der Waals surface area (Å²) in [4.78, 5) is 8.47. The molecule has 0 bridgehead atoms. The Morgan fingerprint density at radius 1 is 1.14 bits per heavy atom. The minimum Gasteiger partial charge on any atom is -0.356 e. The minimum absolute atomic E-state index is 0.00760. The van der Waals surface area contributed by atoms with Crippen LogP contribution < -0.4 is 4.72 Å². The maximum absolute atomic E-state index is 12.3. The van der Waals surface area contributed by atoms with Gasteiger partial charge in [0.15, 0.2) is 11.0 Å². The Hall–Kier alpha value is -2.12. The summed E-state index contributed by atoms with van der Waals surface area (Å²) < 4.78 is 28.5. The molecular formula is C13H11ClN4O2S. The van der Waals surface area contributed by atoms with Gasteiger partial charge in [0.1, 0.15) is 4.90 Å². The third-order valence-electron chi connectivity index (χ3n) is 2.87. The van der Waals surface area contributed by atoms with E-state index in [1.807, 2.05) is 0 Å². The Bertz CT molecular complexity index is 921. The Morgan fingerprint density at radius 3 is 2.43 bits per heavy atom. The van der Waals surface area contributed by atoms with Gasteiger partial charge >= 0.3 is 0 Å². The summed E-state index contributed by atoms with van der Waals surface area (Å²) in [7, 11) is -2.00. The molecule has 108 valence electrons. The van der Waals surface area contributed by atoms with Crippen molar-refractivity contribution in [1.82, 2.24) is 14.5 Å². The van der Waals surface area contributed by atoms with E-state index in [1.165, 1.54) is 12.3 Å². The van der Waals surface area contributed by atoms with Crippen molar-refractivity contribution in [2.24, 2.45) is 7.05 Å². The smallest absolute Gasteiger partial charge is 0.264 e. The van der Waals surface area contributed by atoms with Crippen LogP contribution in [0.3, 0.4) is 0 Å².